The number of aryl methyl sites for hydroxylation is 1. The first-order valence-corrected chi connectivity index (χ1v) is 9.92. The fourth-order valence-corrected chi connectivity index (χ4v) is 3.80. The number of benzene rings is 2. The van der Waals surface area contributed by atoms with E-state index in [4.69, 9.17) is 4.74 Å². The largest absolute Gasteiger partial charge is 0.487 e. The highest BCUT2D eigenvalue weighted by molar-refractivity contribution is 5.94. The van der Waals surface area contributed by atoms with E-state index < -0.39 is 5.60 Å². The summed E-state index contributed by atoms with van der Waals surface area (Å²) in [5, 5.41) is 10.9. The molecule has 2 aromatic rings. The second-order valence-corrected chi connectivity index (χ2v) is 7.75. The van der Waals surface area contributed by atoms with Gasteiger partial charge in [0.05, 0.1) is 6.54 Å². The number of β-amino-alcohol motifs (C(OH)–C–C–N with tert-alkyl or cyclic N) is 1. The third-order valence-corrected chi connectivity index (χ3v) is 5.26. The van der Waals surface area contributed by atoms with Crippen molar-refractivity contribution in [3.8, 4) is 5.75 Å². The summed E-state index contributed by atoms with van der Waals surface area (Å²) in [6.07, 6.45) is 0.381. The zero-order valence-electron chi connectivity index (χ0n) is 17.0. The first kappa shape index (κ1) is 20.4. The number of anilines is 1. The van der Waals surface area contributed by atoms with Crippen LogP contribution < -0.4 is 9.64 Å². The summed E-state index contributed by atoms with van der Waals surface area (Å²) in [4.78, 5) is 16.7. The SMILES string of the molecule is CCN(C(=O)CN1CC[C@H](Oc2ccccc2)[C@@](C)(O)C1)c1cccc(C)c1. The van der Waals surface area contributed by atoms with Gasteiger partial charge in [0, 0.05) is 25.3 Å². The van der Waals surface area contributed by atoms with E-state index in [0.717, 1.165) is 17.0 Å². The fourth-order valence-electron chi connectivity index (χ4n) is 3.80. The van der Waals surface area contributed by atoms with Crippen molar-refractivity contribution in [2.24, 2.45) is 0 Å². The van der Waals surface area contributed by atoms with Crippen LogP contribution in [0, 0.1) is 6.92 Å². The zero-order valence-corrected chi connectivity index (χ0v) is 17.0. The molecule has 0 radical (unpaired) electrons. The molecule has 2 atom stereocenters. The molecule has 0 spiro atoms. The Hall–Kier alpha value is -2.37. The number of ether oxygens (including phenoxy) is 1. The Bertz CT molecular complexity index is 791. The van der Waals surface area contributed by atoms with E-state index in [-0.39, 0.29) is 18.6 Å². The molecule has 1 N–H and O–H groups in total. The van der Waals surface area contributed by atoms with Crippen molar-refractivity contribution in [3.63, 3.8) is 0 Å². The van der Waals surface area contributed by atoms with Gasteiger partial charge >= 0.3 is 0 Å². The maximum atomic E-state index is 12.9. The van der Waals surface area contributed by atoms with Gasteiger partial charge in [0.2, 0.25) is 5.91 Å². The number of nitrogens with zero attached hydrogens (tertiary/aromatic N) is 2. The third kappa shape index (κ3) is 4.91. The predicted octanol–water partition coefficient (Wildman–Crippen LogP) is 3.25. The summed E-state index contributed by atoms with van der Waals surface area (Å²) in [6.45, 7) is 7.82. The normalized spacial score (nSPS) is 22.6. The van der Waals surface area contributed by atoms with Crippen LogP contribution in [0.2, 0.25) is 0 Å². The number of para-hydroxylation sites is 1. The quantitative estimate of drug-likeness (QED) is 0.833. The van der Waals surface area contributed by atoms with Crippen molar-refractivity contribution in [1.29, 1.82) is 0 Å². The molecular formula is C23H30N2O3. The van der Waals surface area contributed by atoms with Crippen molar-refractivity contribution in [2.45, 2.75) is 38.9 Å². The van der Waals surface area contributed by atoms with Gasteiger partial charge in [0.25, 0.3) is 0 Å². The molecule has 28 heavy (non-hydrogen) atoms. The van der Waals surface area contributed by atoms with Crippen molar-refractivity contribution in [1.82, 2.24) is 4.90 Å². The highest BCUT2D eigenvalue weighted by Gasteiger charge is 2.40. The lowest BCUT2D eigenvalue weighted by Gasteiger charge is -2.42. The van der Waals surface area contributed by atoms with E-state index in [1.54, 1.807) is 11.8 Å². The van der Waals surface area contributed by atoms with E-state index >= 15 is 0 Å². The minimum absolute atomic E-state index is 0.0475. The second kappa shape index (κ2) is 8.76. The predicted molar refractivity (Wildman–Crippen MR) is 112 cm³/mol. The fraction of sp³-hybridized carbons (Fsp3) is 0.435. The van der Waals surface area contributed by atoms with Crippen molar-refractivity contribution >= 4 is 11.6 Å². The molecule has 150 valence electrons. The number of amides is 1. The molecule has 1 heterocycles. The van der Waals surface area contributed by atoms with Gasteiger partial charge in [-0.1, -0.05) is 30.3 Å². The summed E-state index contributed by atoms with van der Waals surface area (Å²) >= 11 is 0. The van der Waals surface area contributed by atoms with Crippen LogP contribution in [-0.4, -0.2) is 53.8 Å². The Morgan fingerprint density at radius 3 is 2.64 bits per heavy atom. The third-order valence-electron chi connectivity index (χ3n) is 5.26. The van der Waals surface area contributed by atoms with Gasteiger partial charge in [-0.15, -0.1) is 0 Å². The van der Waals surface area contributed by atoms with Gasteiger partial charge in [-0.2, -0.15) is 0 Å². The number of likely N-dealkylation sites (tertiary alicyclic amines) is 1. The van der Waals surface area contributed by atoms with Crippen LogP contribution >= 0.6 is 0 Å². The molecule has 1 amide bonds. The van der Waals surface area contributed by atoms with Gasteiger partial charge in [-0.3, -0.25) is 9.69 Å². The van der Waals surface area contributed by atoms with Gasteiger partial charge in [-0.25, -0.2) is 0 Å². The van der Waals surface area contributed by atoms with Gasteiger partial charge in [0.1, 0.15) is 17.5 Å². The Labute approximate surface area is 167 Å². The molecule has 1 aliphatic heterocycles. The number of piperidine rings is 1. The molecule has 0 unspecified atom stereocenters. The van der Waals surface area contributed by atoms with Gasteiger partial charge in [0.15, 0.2) is 0 Å². The lowest BCUT2D eigenvalue weighted by Crippen LogP contribution is -2.58. The van der Waals surface area contributed by atoms with E-state index in [2.05, 4.69) is 0 Å². The molecule has 2 aromatic carbocycles. The van der Waals surface area contributed by atoms with E-state index in [1.807, 2.05) is 73.3 Å². The Morgan fingerprint density at radius 2 is 2.00 bits per heavy atom. The summed E-state index contributed by atoms with van der Waals surface area (Å²) in [5.74, 6) is 0.806. The molecular weight excluding hydrogens is 352 g/mol. The van der Waals surface area contributed by atoms with Crippen LogP contribution in [0.15, 0.2) is 54.6 Å². The van der Waals surface area contributed by atoms with Crippen LogP contribution in [0.3, 0.4) is 0 Å². The van der Waals surface area contributed by atoms with Crippen molar-refractivity contribution in [3.05, 3.63) is 60.2 Å². The maximum Gasteiger partial charge on any atom is 0.241 e. The smallest absolute Gasteiger partial charge is 0.241 e. The lowest BCUT2D eigenvalue weighted by atomic mass is 9.91. The molecule has 0 aromatic heterocycles. The number of carbonyl (C=O) groups is 1. The zero-order chi connectivity index (χ0) is 20.1. The molecule has 1 aliphatic rings. The molecule has 5 nitrogen and oxygen atoms in total. The molecule has 1 fully saturated rings. The standard InChI is InChI=1S/C23H30N2O3/c1-4-25(19-10-8-9-18(2)15-19)22(26)16-24-14-13-21(23(3,27)17-24)28-20-11-6-5-7-12-20/h5-12,15,21,27H,4,13-14,16-17H2,1-3H3/t21-,23-/m0/s1. The molecule has 1 saturated heterocycles. The lowest BCUT2D eigenvalue weighted by molar-refractivity contribution is -0.125. The monoisotopic (exact) mass is 382 g/mol. The number of rotatable bonds is 6. The Kier molecular flexibility index (Phi) is 6.37. The summed E-state index contributed by atoms with van der Waals surface area (Å²) in [7, 11) is 0. The molecule has 0 aliphatic carbocycles. The summed E-state index contributed by atoms with van der Waals surface area (Å²) in [5.41, 5.74) is 1.03. The van der Waals surface area contributed by atoms with Crippen LogP contribution in [0.4, 0.5) is 5.69 Å². The number of aliphatic hydroxyl groups is 1. The molecule has 0 bridgehead atoms. The van der Waals surface area contributed by atoms with E-state index in [1.165, 1.54) is 0 Å². The average Bonchev–Trinajstić information content (AvgIpc) is 2.65. The first-order valence-electron chi connectivity index (χ1n) is 9.92. The summed E-state index contributed by atoms with van der Waals surface area (Å²) in [6, 6.07) is 17.5. The number of carbonyl (C=O) groups excluding carboxylic acids is 1. The second-order valence-electron chi connectivity index (χ2n) is 7.75. The Morgan fingerprint density at radius 1 is 1.25 bits per heavy atom. The summed E-state index contributed by atoms with van der Waals surface area (Å²) < 4.78 is 6.00. The van der Waals surface area contributed by atoms with Crippen LogP contribution in [0.25, 0.3) is 0 Å². The Balaban J connectivity index is 1.62. The molecule has 5 heteroatoms. The van der Waals surface area contributed by atoms with E-state index in [9.17, 15) is 9.90 Å². The number of hydrogen-bond acceptors (Lipinski definition) is 4. The van der Waals surface area contributed by atoms with E-state index in [0.29, 0.717) is 26.1 Å². The maximum absolute atomic E-state index is 12.9. The average molecular weight is 383 g/mol. The molecule has 3 rings (SSSR count). The topological polar surface area (TPSA) is 53.0 Å². The minimum Gasteiger partial charge on any atom is -0.487 e. The van der Waals surface area contributed by atoms with Gasteiger partial charge in [-0.05, 0) is 57.0 Å². The van der Waals surface area contributed by atoms with Crippen LogP contribution in [0.5, 0.6) is 5.75 Å². The highest BCUT2D eigenvalue weighted by Crippen LogP contribution is 2.26. The minimum atomic E-state index is -1.02. The van der Waals surface area contributed by atoms with Crippen LogP contribution in [0.1, 0.15) is 25.8 Å². The highest BCUT2D eigenvalue weighted by atomic mass is 16.5. The van der Waals surface area contributed by atoms with Gasteiger partial charge < -0.3 is 14.7 Å². The van der Waals surface area contributed by atoms with Crippen molar-refractivity contribution < 1.29 is 14.6 Å². The number of likely N-dealkylation sites (N-methyl/N-ethyl adjacent to an activating group) is 1. The first-order chi connectivity index (χ1) is 13.4. The van der Waals surface area contributed by atoms with Crippen molar-refractivity contribution in [2.75, 3.05) is 31.1 Å². The molecule has 0 saturated carbocycles. The number of hydrogen-bond donors (Lipinski definition) is 1. The van der Waals surface area contributed by atoms with Crippen LogP contribution in [-0.2, 0) is 4.79 Å².